The first-order valence-corrected chi connectivity index (χ1v) is 9.17. The highest BCUT2D eigenvalue weighted by atomic mass is 19.1. The normalized spacial score (nSPS) is 19.0. The average Bonchev–Trinajstić information content (AvgIpc) is 3.14. The van der Waals surface area contributed by atoms with E-state index in [0.717, 1.165) is 50.9 Å². The third-order valence-electron chi connectivity index (χ3n) is 5.62. The number of halogens is 1. The number of benzene rings is 1. The van der Waals surface area contributed by atoms with E-state index in [2.05, 4.69) is 16.9 Å². The van der Waals surface area contributed by atoms with Crippen molar-refractivity contribution in [3.05, 3.63) is 54.1 Å². The summed E-state index contributed by atoms with van der Waals surface area (Å²) in [6, 6.07) is 9.22. The van der Waals surface area contributed by atoms with Crippen molar-refractivity contribution in [3.8, 4) is 0 Å². The minimum absolute atomic E-state index is 0.119. The van der Waals surface area contributed by atoms with Gasteiger partial charge >= 0.3 is 0 Å². The monoisotopic (exact) mass is 345 g/mol. The molecule has 0 amide bonds. The maximum Gasteiger partial charge on any atom is 0.123 e. The topological polar surface area (TPSA) is 41.3 Å². The Hall–Kier alpha value is -1.72. The second-order valence-corrected chi connectivity index (χ2v) is 7.41. The summed E-state index contributed by atoms with van der Waals surface area (Å²) in [5.41, 5.74) is 0.862. The molecule has 4 nitrogen and oxygen atoms in total. The second kappa shape index (κ2) is 8.11. The summed E-state index contributed by atoms with van der Waals surface area (Å²) in [6.45, 7) is 5.33. The van der Waals surface area contributed by atoms with Gasteiger partial charge in [-0.25, -0.2) is 4.39 Å². The van der Waals surface area contributed by atoms with E-state index in [9.17, 15) is 9.50 Å². The zero-order valence-corrected chi connectivity index (χ0v) is 14.9. The molecule has 1 saturated heterocycles. The summed E-state index contributed by atoms with van der Waals surface area (Å²) in [5, 5.41) is 14.3. The smallest absolute Gasteiger partial charge is 0.123 e. The molecule has 1 aliphatic heterocycles. The molecule has 0 saturated carbocycles. The molecule has 3 rings (SSSR count). The first-order valence-electron chi connectivity index (χ1n) is 9.17. The van der Waals surface area contributed by atoms with Crippen molar-refractivity contribution in [1.82, 2.24) is 14.7 Å². The average molecular weight is 345 g/mol. The molecule has 1 aromatic heterocycles. The zero-order chi connectivity index (χ0) is 17.7. The van der Waals surface area contributed by atoms with Crippen LogP contribution in [0.25, 0.3) is 0 Å². The predicted molar refractivity (Wildman–Crippen MR) is 96.7 cm³/mol. The van der Waals surface area contributed by atoms with E-state index >= 15 is 0 Å². The fourth-order valence-corrected chi connectivity index (χ4v) is 3.84. The molecule has 0 unspecified atom stereocenters. The van der Waals surface area contributed by atoms with Crippen LogP contribution in [0.2, 0.25) is 0 Å². The summed E-state index contributed by atoms with van der Waals surface area (Å²) >= 11 is 0. The largest absolute Gasteiger partial charge is 0.396 e. The molecular formula is C20H28FN3O. The highest BCUT2D eigenvalue weighted by molar-refractivity contribution is 5.18. The first kappa shape index (κ1) is 18.1. The molecular weight excluding hydrogens is 317 g/mol. The molecule has 1 atom stereocenters. The lowest BCUT2D eigenvalue weighted by Gasteiger charge is -2.43. The molecule has 0 radical (unpaired) electrons. The standard InChI is InChI=1S/C20H28FN3O/c1-17(6-11-24-10-3-9-22-24)23-12-7-20(16-25,8-13-23)15-18-4-2-5-19(21)14-18/h2-5,9-10,14,17,25H,6-8,11-13,15-16H2,1H3/t17-/m0/s1. The van der Waals surface area contributed by atoms with Crippen LogP contribution in [0.3, 0.4) is 0 Å². The van der Waals surface area contributed by atoms with Crippen LogP contribution in [0.15, 0.2) is 42.7 Å². The number of rotatable bonds is 7. The van der Waals surface area contributed by atoms with E-state index in [1.54, 1.807) is 12.1 Å². The number of likely N-dealkylation sites (tertiary alicyclic amines) is 1. The Bertz CT molecular complexity index is 651. The van der Waals surface area contributed by atoms with Gasteiger partial charge in [-0.2, -0.15) is 5.10 Å². The van der Waals surface area contributed by atoms with Gasteiger partial charge in [0.05, 0.1) is 0 Å². The molecule has 5 heteroatoms. The van der Waals surface area contributed by atoms with Gasteiger partial charge in [0, 0.05) is 31.6 Å². The van der Waals surface area contributed by atoms with Crippen molar-refractivity contribution in [1.29, 1.82) is 0 Å². The van der Waals surface area contributed by atoms with Crippen LogP contribution in [-0.2, 0) is 13.0 Å². The van der Waals surface area contributed by atoms with Crippen LogP contribution >= 0.6 is 0 Å². The highest BCUT2D eigenvalue weighted by Gasteiger charge is 2.35. The van der Waals surface area contributed by atoms with Gasteiger partial charge in [0.15, 0.2) is 0 Å². The number of hydrogen-bond acceptors (Lipinski definition) is 3. The summed E-state index contributed by atoms with van der Waals surface area (Å²) in [4.78, 5) is 2.50. The van der Waals surface area contributed by atoms with Gasteiger partial charge in [0.2, 0.25) is 0 Å². The van der Waals surface area contributed by atoms with Crippen LogP contribution in [-0.4, -0.2) is 45.5 Å². The molecule has 2 aromatic rings. The highest BCUT2D eigenvalue weighted by Crippen LogP contribution is 2.35. The SMILES string of the molecule is C[C@@H](CCn1cccn1)N1CCC(CO)(Cc2cccc(F)c2)CC1. The number of hydrogen-bond donors (Lipinski definition) is 1. The van der Waals surface area contributed by atoms with Gasteiger partial charge < -0.3 is 10.0 Å². The van der Waals surface area contributed by atoms with Crippen molar-refractivity contribution in [3.63, 3.8) is 0 Å². The summed E-state index contributed by atoms with van der Waals surface area (Å²) in [5.74, 6) is -0.199. The fraction of sp³-hybridized carbons (Fsp3) is 0.550. The summed E-state index contributed by atoms with van der Waals surface area (Å²) < 4.78 is 15.4. The molecule has 1 fully saturated rings. The molecule has 0 spiro atoms. The fourth-order valence-electron chi connectivity index (χ4n) is 3.84. The Balaban J connectivity index is 1.53. The molecule has 1 aliphatic rings. The Morgan fingerprint density at radius 1 is 1.28 bits per heavy atom. The zero-order valence-electron chi connectivity index (χ0n) is 14.9. The lowest BCUT2D eigenvalue weighted by atomic mass is 9.74. The number of piperidine rings is 1. The number of aliphatic hydroxyl groups excluding tert-OH is 1. The molecule has 136 valence electrons. The lowest BCUT2D eigenvalue weighted by molar-refractivity contribution is 0.0279. The maximum absolute atomic E-state index is 13.4. The van der Waals surface area contributed by atoms with Gasteiger partial charge in [-0.3, -0.25) is 4.68 Å². The third kappa shape index (κ3) is 4.67. The van der Waals surface area contributed by atoms with E-state index in [-0.39, 0.29) is 17.8 Å². The van der Waals surface area contributed by atoms with Gasteiger partial charge in [0.25, 0.3) is 0 Å². The molecule has 0 bridgehead atoms. The quantitative estimate of drug-likeness (QED) is 0.838. The van der Waals surface area contributed by atoms with E-state index in [1.165, 1.54) is 6.07 Å². The molecule has 0 aliphatic carbocycles. The van der Waals surface area contributed by atoms with E-state index < -0.39 is 0 Å². The predicted octanol–water partition coefficient (Wildman–Crippen LogP) is 3.12. The van der Waals surface area contributed by atoms with Crippen LogP contribution in [0.4, 0.5) is 4.39 Å². The lowest BCUT2D eigenvalue weighted by Crippen LogP contribution is -2.46. The van der Waals surface area contributed by atoms with Gasteiger partial charge in [0.1, 0.15) is 5.82 Å². The Labute approximate surface area is 149 Å². The molecule has 1 N–H and O–H groups in total. The number of aliphatic hydroxyl groups is 1. The van der Waals surface area contributed by atoms with Crippen molar-refractivity contribution in [2.75, 3.05) is 19.7 Å². The number of nitrogens with zero attached hydrogens (tertiary/aromatic N) is 3. The van der Waals surface area contributed by atoms with Crippen LogP contribution in [0.5, 0.6) is 0 Å². The third-order valence-corrected chi connectivity index (χ3v) is 5.62. The van der Waals surface area contributed by atoms with E-state index in [1.807, 2.05) is 29.2 Å². The van der Waals surface area contributed by atoms with Crippen molar-refractivity contribution < 1.29 is 9.50 Å². The van der Waals surface area contributed by atoms with Crippen molar-refractivity contribution >= 4 is 0 Å². The van der Waals surface area contributed by atoms with Crippen molar-refractivity contribution in [2.24, 2.45) is 5.41 Å². The minimum atomic E-state index is -0.199. The Morgan fingerprint density at radius 2 is 2.08 bits per heavy atom. The number of aromatic nitrogens is 2. The maximum atomic E-state index is 13.4. The Kier molecular flexibility index (Phi) is 5.86. The molecule has 25 heavy (non-hydrogen) atoms. The summed E-state index contributed by atoms with van der Waals surface area (Å²) in [7, 11) is 0. The number of aryl methyl sites for hydroxylation is 1. The van der Waals surface area contributed by atoms with Crippen LogP contribution in [0.1, 0.15) is 31.7 Å². The van der Waals surface area contributed by atoms with E-state index in [4.69, 9.17) is 0 Å². The first-order chi connectivity index (χ1) is 12.1. The Morgan fingerprint density at radius 3 is 2.72 bits per heavy atom. The van der Waals surface area contributed by atoms with Gasteiger partial charge in [-0.05, 0) is 74.9 Å². The molecule has 1 aromatic carbocycles. The molecule has 2 heterocycles. The second-order valence-electron chi connectivity index (χ2n) is 7.41. The van der Waals surface area contributed by atoms with E-state index in [0.29, 0.717) is 6.04 Å². The summed E-state index contributed by atoms with van der Waals surface area (Å²) in [6.07, 6.45) is 7.53. The van der Waals surface area contributed by atoms with Gasteiger partial charge in [-0.1, -0.05) is 12.1 Å². The van der Waals surface area contributed by atoms with Crippen molar-refractivity contribution in [2.45, 2.75) is 45.2 Å². The van der Waals surface area contributed by atoms with Crippen LogP contribution in [0, 0.1) is 11.2 Å². The minimum Gasteiger partial charge on any atom is -0.396 e. The van der Waals surface area contributed by atoms with Gasteiger partial charge in [-0.15, -0.1) is 0 Å². The van der Waals surface area contributed by atoms with Crippen LogP contribution < -0.4 is 0 Å².